The molecule has 6 nitrogen and oxygen atoms in total. The van der Waals surface area contributed by atoms with Gasteiger partial charge in [-0.15, -0.1) is 0 Å². The zero-order valence-electron chi connectivity index (χ0n) is 17.7. The van der Waals surface area contributed by atoms with Gasteiger partial charge in [0.15, 0.2) is 9.84 Å². The predicted molar refractivity (Wildman–Crippen MR) is 114 cm³/mol. The van der Waals surface area contributed by atoms with Crippen LogP contribution < -0.4 is 0 Å². The summed E-state index contributed by atoms with van der Waals surface area (Å²) < 4.78 is 29.1. The zero-order chi connectivity index (χ0) is 20.9. The van der Waals surface area contributed by atoms with Gasteiger partial charge < -0.3 is 9.64 Å². The highest BCUT2D eigenvalue weighted by molar-refractivity contribution is 7.90. The van der Waals surface area contributed by atoms with Crippen LogP contribution in [0.2, 0.25) is 0 Å². The normalized spacial score (nSPS) is 20.3. The first-order chi connectivity index (χ1) is 13.9. The summed E-state index contributed by atoms with van der Waals surface area (Å²) in [6.07, 6.45) is 6.09. The first kappa shape index (κ1) is 22.2. The molecular formula is C22H34N2O4S. The van der Waals surface area contributed by atoms with Gasteiger partial charge in [-0.2, -0.15) is 0 Å². The van der Waals surface area contributed by atoms with Crippen molar-refractivity contribution in [1.29, 1.82) is 0 Å². The number of morpholine rings is 1. The summed E-state index contributed by atoms with van der Waals surface area (Å²) in [6, 6.07) is 7.02. The number of hydrogen-bond donors (Lipinski definition) is 0. The second-order valence-corrected chi connectivity index (χ2v) is 10.3. The molecule has 0 unspecified atom stereocenters. The topological polar surface area (TPSA) is 66.9 Å². The second kappa shape index (κ2) is 9.58. The molecule has 3 rings (SSSR count). The van der Waals surface area contributed by atoms with E-state index in [0.29, 0.717) is 11.4 Å². The Morgan fingerprint density at radius 1 is 1.10 bits per heavy atom. The van der Waals surface area contributed by atoms with Gasteiger partial charge in [-0.25, -0.2) is 8.42 Å². The van der Waals surface area contributed by atoms with Gasteiger partial charge in [0.1, 0.15) is 0 Å². The molecule has 0 radical (unpaired) electrons. The van der Waals surface area contributed by atoms with Gasteiger partial charge in [0.25, 0.3) is 0 Å². The molecule has 1 aliphatic carbocycles. The summed E-state index contributed by atoms with van der Waals surface area (Å²) in [7, 11) is -3.24. The van der Waals surface area contributed by atoms with E-state index in [1.165, 1.54) is 6.26 Å². The van der Waals surface area contributed by atoms with Crippen molar-refractivity contribution >= 4 is 15.7 Å². The quantitative estimate of drug-likeness (QED) is 0.675. The van der Waals surface area contributed by atoms with Crippen LogP contribution in [0.5, 0.6) is 0 Å². The third-order valence-corrected chi connectivity index (χ3v) is 7.54. The molecule has 1 amide bonds. The van der Waals surface area contributed by atoms with Crippen molar-refractivity contribution in [3.63, 3.8) is 0 Å². The lowest BCUT2D eigenvalue weighted by atomic mass is 9.68. The van der Waals surface area contributed by atoms with Crippen LogP contribution in [-0.4, -0.2) is 76.3 Å². The summed E-state index contributed by atoms with van der Waals surface area (Å²) in [6.45, 7) is 7.68. The highest BCUT2D eigenvalue weighted by Crippen LogP contribution is 2.41. The molecule has 1 saturated heterocycles. The van der Waals surface area contributed by atoms with Gasteiger partial charge in [-0.1, -0.05) is 31.4 Å². The Kier molecular flexibility index (Phi) is 7.35. The van der Waals surface area contributed by atoms with Crippen molar-refractivity contribution in [2.75, 3.05) is 52.2 Å². The molecule has 7 heteroatoms. The Balaban J connectivity index is 1.81. The largest absolute Gasteiger partial charge is 0.379 e. The van der Waals surface area contributed by atoms with Gasteiger partial charge in [0.2, 0.25) is 5.91 Å². The van der Waals surface area contributed by atoms with E-state index in [9.17, 15) is 13.2 Å². The Labute approximate surface area is 175 Å². The van der Waals surface area contributed by atoms with E-state index in [1.807, 2.05) is 24.0 Å². The summed E-state index contributed by atoms with van der Waals surface area (Å²) >= 11 is 0. The van der Waals surface area contributed by atoms with E-state index >= 15 is 0 Å². The molecular weight excluding hydrogens is 388 g/mol. The fraction of sp³-hybridized carbons (Fsp3) is 0.682. The Morgan fingerprint density at radius 3 is 2.28 bits per heavy atom. The summed E-state index contributed by atoms with van der Waals surface area (Å²) in [5.74, 6) is 0.195. The van der Waals surface area contributed by atoms with Crippen molar-refractivity contribution in [3.05, 3.63) is 29.8 Å². The molecule has 2 fully saturated rings. The molecule has 162 valence electrons. The van der Waals surface area contributed by atoms with Gasteiger partial charge in [-0.05, 0) is 37.5 Å². The average Bonchev–Trinajstić information content (AvgIpc) is 2.75. The van der Waals surface area contributed by atoms with E-state index in [2.05, 4.69) is 4.90 Å². The van der Waals surface area contributed by atoms with Gasteiger partial charge >= 0.3 is 0 Å². The monoisotopic (exact) mass is 422 g/mol. The second-order valence-electron chi connectivity index (χ2n) is 8.28. The summed E-state index contributed by atoms with van der Waals surface area (Å²) in [5, 5.41) is 0. The number of sulfone groups is 1. The highest BCUT2D eigenvalue weighted by Gasteiger charge is 2.43. The molecule has 2 aliphatic rings. The number of rotatable bonds is 7. The zero-order valence-corrected chi connectivity index (χ0v) is 18.5. The lowest BCUT2D eigenvalue weighted by molar-refractivity contribution is -0.139. The minimum atomic E-state index is -3.24. The average molecular weight is 423 g/mol. The summed E-state index contributed by atoms with van der Waals surface area (Å²) in [4.78, 5) is 18.4. The predicted octanol–water partition coefficient (Wildman–Crippen LogP) is 2.47. The number of carbonyl (C=O) groups is 1. The van der Waals surface area contributed by atoms with Gasteiger partial charge in [0.05, 0.1) is 23.5 Å². The van der Waals surface area contributed by atoms with Crippen LogP contribution in [-0.2, 0) is 24.8 Å². The fourth-order valence-electron chi connectivity index (χ4n) is 4.60. The standard InChI is InChI=1S/C22H34N2O4S/c1-3-24(14-13-23-15-17-28-18-16-23)21(25)22(11-5-4-6-12-22)19-7-9-20(10-8-19)29(2,26)27/h7-10H,3-6,11-18H2,1-2H3. The fourth-order valence-corrected chi connectivity index (χ4v) is 5.23. The van der Waals surface area contributed by atoms with E-state index < -0.39 is 15.3 Å². The SMILES string of the molecule is CCN(CCN1CCOCC1)C(=O)C1(c2ccc(S(C)(=O)=O)cc2)CCCCC1. The van der Waals surface area contributed by atoms with Crippen molar-refractivity contribution in [3.8, 4) is 0 Å². The van der Waals surface area contributed by atoms with Crippen molar-refractivity contribution in [2.24, 2.45) is 0 Å². The molecule has 0 aromatic heterocycles. The van der Waals surface area contributed by atoms with Crippen molar-refractivity contribution in [2.45, 2.75) is 49.3 Å². The lowest BCUT2D eigenvalue weighted by Crippen LogP contribution is -2.50. The molecule has 29 heavy (non-hydrogen) atoms. The van der Waals surface area contributed by atoms with E-state index in [1.54, 1.807) is 12.1 Å². The molecule has 0 atom stereocenters. The van der Waals surface area contributed by atoms with Crippen LogP contribution in [0.4, 0.5) is 0 Å². The number of nitrogens with zero attached hydrogens (tertiary/aromatic N) is 2. The third kappa shape index (κ3) is 5.19. The Hall–Kier alpha value is -1.44. The molecule has 0 spiro atoms. The first-order valence-corrected chi connectivity index (χ1v) is 12.7. The van der Waals surface area contributed by atoms with Crippen LogP contribution >= 0.6 is 0 Å². The minimum absolute atomic E-state index is 0.195. The lowest BCUT2D eigenvalue weighted by Gasteiger charge is -2.41. The molecule has 1 aromatic carbocycles. The van der Waals surface area contributed by atoms with E-state index in [4.69, 9.17) is 4.74 Å². The van der Waals surface area contributed by atoms with Crippen LogP contribution in [0, 0.1) is 0 Å². The third-order valence-electron chi connectivity index (χ3n) is 6.41. The number of amides is 1. The van der Waals surface area contributed by atoms with Gasteiger partial charge in [0, 0.05) is 39.0 Å². The Morgan fingerprint density at radius 2 is 1.72 bits per heavy atom. The van der Waals surface area contributed by atoms with Gasteiger partial charge in [-0.3, -0.25) is 9.69 Å². The number of ether oxygens (including phenoxy) is 1. The van der Waals surface area contributed by atoms with E-state index in [-0.39, 0.29) is 5.91 Å². The molecule has 0 N–H and O–H groups in total. The van der Waals surface area contributed by atoms with Crippen LogP contribution in [0.3, 0.4) is 0 Å². The molecule has 1 aliphatic heterocycles. The number of likely N-dealkylation sites (N-methyl/N-ethyl adjacent to an activating group) is 1. The molecule has 0 bridgehead atoms. The molecule has 1 saturated carbocycles. The number of hydrogen-bond acceptors (Lipinski definition) is 5. The van der Waals surface area contributed by atoms with Crippen LogP contribution in [0.1, 0.15) is 44.6 Å². The van der Waals surface area contributed by atoms with Crippen LogP contribution in [0.15, 0.2) is 29.2 Å². The van der Waals surface area contributed by atoms with E-state index in [0.717, 1.165) is 77.1 Å². The maximum absolute atomic E-state index is 13.8. The Bertz CT molecular complexity index is 780. The molecule has 1 heterocycles. The smallest absolute Gasteiger partial charge is 0.233 e. The van der Waals surface area contributed by atoms with Crippen molar-refractivity contribution in [1.82, 2.24) is 9.80 Å². The number of benzene rings is 1. The maximum Gasteiger partial charge on any atom is 0.233 e. The first-order valence-electron chi connectivity index (χ1n) is 10.8. The molecule has 1 aromatic rings. The number of carbonyl (C=O) groups excluding carboxylic acids is 1. The highest BCUT2D eigenvalue weighted by atomic mass is 32.2. The maximum atomic E-state index is 13.8. The minimum Gasteiger partial charge on any atom is -0.379 e. The summed E-state index contributed by atoms with van der Waals surface area (Å²) in [5.41, 5.74) is 0.425. The van der Waals surface area contributed by atoms with Crippen molar-refractivity contribution < 1.29 is 17.9 Å². The van der Waals surface area contributed by atoms with Crippen LogP contribution in [0.25, 0.3) is 0 Å².